The van der Waals surface area contributed by atoms with Crippen LogP contribution in [-0.2, 0) is 11.2 Å². The minimum atomic E-state index is -0.955. The van der Waals surface area contributed by atoms with Crippen LogP contribution in [0.3, 0.4) is 0 Å². The van der Waals surface area contributed by atoms with Gasteiger partial charge in [0, 0.05) is 5.56 Å². The summed E-state index contributed by atoms with van der Waals surface area (Å²) in [6, 6.07) is 5.42. The first-order valence-electron chi connectivity index (χ1n) is 5.82. The molecule has 0 fully saturated rings. The number of ether oxygens (including phenoxy) is 1. The van der Waals surface area contributed by atoms with Crippen molar-refractivity contribution in [3.05, 3.63) is 29.3 Å². The van der Waals surface area contributed by atoms with Crippen LogP contribution in [0.4, 0.5) is 0 Å². The van der Waals surface area contributed by atoms with Crippen molar-refractivity contribution in [1.29, 1.82) is 0 Å². The topological polar surface area (TPSA) is 66.8 Å². The second kappa shape index (κ2) is 4.75. The Morgan fingerprint density at radius 3 is 3.00 bits per heavy atom. The second-order valence-corrected chi connectivity index (χ2v) is 4.23. The van der Waals surface area contributed by atoms with E-state index in [-0.39, 0.29) is 0 Å². The van der Waals surface area contributed by atoms with Crippen LogP contribution < -0.4 is 4.74 Å². The van der Waals surface area contributed by atoms with E-state index in [1.807, 2.05) is 6.07 Å². The van der Waals surface area contributed by atoms with Gasteiger partial charge in [-0.15, -0.1) is 0 Å². The number of aliphatic carboxylic acids is 1. The van der Waals surface area contributed by atoms with E-state index in [1.54, 1.807) is 19.1 Å². The highest BCUT2D eigenvalue weighted by molar-refractivity contribution is 5.72. The number of carboxylic acid groups (broad SMARTS) is 1. The summed E-state index contributed by atoms with van der Waals surface area (Å²) in [7, 11) is 0. The number of aliphatic hydroxyl groups is 1. The summed E-state index contributed by atoms with van der Waals surface area (Å²) < 4.78 is 5.51. The van der Waals surface area contributed by atoms with Crippen molar-refractivity contribution >= 4 is 5.97 Å². The van der Waals surface area contributed by atoms with Gasteiger partial charge in [-0.3, -0.25) is 0 Å². The van der Waals surface area contributed by atoms with Gasteiger partial charge in [0.1, 0.15) is 5.75 Å². The molecule has 2 rings (SSSR count). The van der Waals surface area contributed by atoms with Gasteiger partial charge in [-0.2, -0.15) is 0 Å². The first-order valence-corrected chi connectivity index (χ1v) is 5.82. The van der Waals surface area contributed by atoms with Crippen molar-refractivity contribution in [3.63, 3.8) is 0 Å². The number of benzene rings is 1. The Labute approximate surface area is 99.8 Å². The van der Waals surface area contributed by atoms with Crippen LogP contribution in [0.2, 0.25) is 0 Å². The zero-order valence-corrected chi connectivity index (χ0v) is 9.72. The highest BCUT2D eigenvalue weighted by Gasteiger charge is 2.25. The van der Waals surface area contributed by atoms with Gasteiger partial charge in [0.2, 0.25) is 0 Å². The third-order valence-corrected chi connectivity index (χ3v) is 3.11. The molecule has 1 aliphatic rings. The normalized spacial score (nSPS) is 19.8. The second-order valence-electron chi connectivity index (χ2n) is 4.23. The smallest absolute Gasteiger partial charge is 0.344 e. The van der Waals surface area contributed by atoms with Gasteiger partial charge in [-0.05, 0) is 30.9 Å². The monoisotopic (exact) mass is 236 g/mol. The SMILES string of the molecule is CCC(Oc1cccc2c1CCC2O)C(=O)O. The predicted octanol–water partition coefficient (Wildman–Crippen LogP) is 1.91. The van der Waals surface area contributed by atoms with Crippen LogP contribution in [0.15, 0.2) is 18.2 Å². The number of hydrogen-bond donors (Lipinski definition) is 2. The highest BCUT2D eigenvalue weighted by Crippen LogP contribution is 2.37. The lowest BCUT2D eigenvalue weighted by Crippen LogP contribution is -2.26. The van der Waals surface area contributed by atoms with Crippen LogP contribution in [-0.4, -0.2) is 22.3 Å². The van der Waals surface area contributed by atoms with Gasteiger partial charge in [0.25, 0.3) is 0 Å². The molecule has 0 aromatic heterocycles. The summed E-state index contributed by atoms with van der Waals surface area (Å²) >= 11 is 0. The van der Waals surface area contributed by atoms with Gasteiger partial charge in [0.15, 0.2) is 6.10 Å². The first kappa shape index (κ1) is 11.9. The summed E-state index contributed by atoms with van der Waals surface area (Å²) in [5.41, 5.74) is 1.81. The lowest BCUT2D eigenvalue weighted by molar-refractivity contribution is -0.145. The Hall–Kier alpha value is -1.55. The van der Waals surface area contributed by atoms with Gasteiger partial charge < -0.3 is 14.9 Å². The summed E-state index contributed by atoms with van der Waals surface area (Å²) in [6.07, 6.45) is 0.571. The molecule has 4 nitrogen and oxygen atoms in total. The maximum absolute atomic E-state index is 10.9. The molecule has 2 unspecified atom stereocenters. The number of hydrogen-bond acceptors (Lipinski definition) is 3. The van der Waals surface area contributed by atoms with Crippen molar-refractivity contribution in [2.75, 3.05) is 0 Å². The Bertz CT molecular complexity index is 427. The minimum Gasteiger partial charge on any atom is -0.479 e. The predicted molar refractivity (Wildman–Crippen MR) is 62.1 cm³/mol. The third-order valence-electron chi connectivity index (χ3n) is 3.11. The lowest BCUT2D eigenvalue weighted by Gasteiger charge is -2.16. The maximum Gasteiger partial charge on any atom is 0.344 e. The summed E-state index contributed by atoms with van der Waals surface area (Å²) in [4.78, 5) is 10.9. The van der Waals surface area contributed by atoms with Crippen LogP contribution in [0, 0.1) is 0 Å². The zero-order valence-electron chi connectivity index (χ0n) is 9.72. The van der Waals surface area contributed by atoms with Gasteiger partial charge >= 0.3 is 5.97 Å². The van der Waals surface area contributed by atoms with Crippen molar-refractivity contribution < 1.29 is 19.7 Å². The third kappa shape index (κ3) is 2.26. The molecule has 1 aromatic carbocycles. The molecule has 1 aliphatic carbocycles. The number of fused-ring (bicyclic) bond motifs is 1. The molecule has 0 saturated carbocycles. The van der Waals surface area contributed by atoms with E-state index in [9.17, 15) is 9.90 Å². The molecule has 0 spiro atoms. The van der Waals surface area contributed by atoms with Crippen molar-refractivity contribution in [2.24, 2.45) is 0 Å². The van der Waals surface area contributed by atoms with Gasteiger partial charge in [-0.25, -0.2) is 4.79 Å². The zero-order chi connectivity index (χ0) is 12.4. The van der Waals surface area contributed by atoms with E-state index in [2.05, 4.69) is 0 Å². The Morgan fingerprint density at radius 2 is 2.35 bits per heavy atom. The standard InChI is InChI=1S/C13H16O4/c1-2-11(13(15)16)17-12-5-3-4-8-9(12)6-7-10(8)14/h3-5,10-11,14H,2,6-7H2,1H3,(H,15,16). The van der Waals surface area contributed by atoms with E-state index < -0.39 is 18.2 Å². The quantitative estimate of drug-likeness (QED) is 0.838. The van der Waals surface area contributed by atoms with E-state index in [4.69, 9.17) is 9.84 Å². The van der Waals surface area contributed by atoms with Crippen LogP contribution in [0.25, 0.3) is 0 Å². The lowest BCUT2D eigenvalue weighted by atomic mass is 10.1. The maximum atomic E-state index is 10.9. The number of carboxylic acids is 1. The molecule has 1 aromatic rings. The van der Waals surface area contributed by atoms with E-state index in [0.29, 0.717) is 18.6 Å². The first-order chi connectivity index (χ1) is 8.13. The average molecular weight is 236 g/mol. The largest absolute Gasteiger partial charge is 0.479 e. The molecule has 2 atom stereocenters. The number of aliphatic hydroxyl groups excluding tert-OH is 1. The molecule has 0 bridgehead atoms. The number of carbonyl (C=O) groups is 1. The van der Waals surface area contributed by atoms with Crippen molar-refractivity contribution in [1.82, 2.24) is 0 Å². The molecule has 0 amide bonds. The molecule has 2 N–H and O–H groups in total. The van der Waals surface area contributed by atoms with Gasteiger partial charge in [0.05, 0.1) is 6.10 Å². The Morgan fingerprint density at radius 1 is 1.59 bits per heavy atom. The molecule has 4 heteroatoms. The van der Waals surface area contributed by atoms with Crippen molar-refractivity contribution in [3.8, 4) is 5.75 Å². The minimum absolute atomic E-state index is 0.418. The molecule has 0 aliphatic heterocycles. The van der Waals surface area contributed by atoms with E-state index in [1.165, 1.54) is 0 Å². The summed E-state index contributed by atoms with van der Waals surface area (Å²) in [6.45, 7) is 1.77. The van der Waals surface area contributed by atoms with Gasteiger partial charge in [-0.1, -0.05) is 19.1 Å². The van der Waals surface area contributed by atoms with Crippen LogP contribution in [0.1, 0.15) is 37.0 Å². The van der Waals surface area contributed by atoms with Crippen LogP contribution in [0.5, 0.6) is 5.75 Å². The summed E-state index contributed by atoms with van der Waals surface area (Å²) in [5.74, 6) is -0.364. The molecule has 0 saturated heterocycles. The van der Waals surface area contributed by atoms with E-state index in [0.717, 1.165) is 17.5 Å². The number of rotatable bonds is 4. The highest BCUT2D eigenvalue weighted by atomic mass is 16.5. The fourth-order valence-corrected chi connectivity index (χ4v) is 2.17. The average Bonchev–Trinajstić information content (AvgIpc) is 2.69. The fraction of sp³-hybridized carbons (Fsp3) is 0.462. The molecular weight excluding hydrogens is 220 g/mol. The fourth-order valence-electron chi connectivity index (χ4n) is 2.17. The summed E-state index contributed by atoms with van der Waals surface area (Å²) in [5, 5.41) is 18.7. The molecule has 17 heavy (non-hydrogen) atoms. The van der Waals surface area contributed by atoms with Crippen molar-refractivity contribution in [2.45, 2.75) is 38.4 Å². The molecule has 92 valence electrons. The Kier molecular flexibility index (Phi) is 3.33. The Balaban J connectivity index is 2.25. The molecular formula is C13H16O4. The molecule has 0 radical (unpaired) electrons. The van der Waals surface area contributed by atoms with Crippen LogP contribution >= 0.6 is 0 Å². The molecule has 0 heterocycles. The van der Waals surface area contributed by atoms with E-state index >= 15 is 0 Å².